The number of hydrogen-bond donors (Lipinski definition) is 1. The van der Waals surface area contributed by atoms with Crippen LogP contribution >= 0.6 is 0 Å². The van der Waals surface area contributed by atoms with Crippen molar-refractivity contribution in [2.75, 3.05) is 19.8 Å². The van der Waals surface area contributed by atoms with Crippen LogP contribution in [0.25, 0.3) is 0 Å². The molecule has 2 rings (SSSR count). The number of hydrogen-bond acceptors (Lipinski definition) is 4. The van der Waals surface area contributed by atoms with Gasteiger partial charge >= 0.3 is 0 Å². The van der Waals surface area contributed by atoms with E-state index in [0.29, 0.717) is 19.1 Å². The molecule has 0 saturated carbocycles. The molecule has 0 aliphatic carbocycles. The maximum absolute atomic E-state index is 11.8. The molecule has 1 fully saturated rings. The van der Waals surface area contributed by atoms with Gasteiger partial charge in [-0.1, -0.05) is 0 Å². The molecule has 0 bridgehead atoms. The lowest BCUT2D eigenvalue weighted by Gasteiger charge is -2.19. The third-order valence-electron chi connectivity index (χ3n) is 3.34. The smallest absolute Gasteiger partial charge is 0.246 e. The van der Waals surface area contributed by atoms with Crippen molar-refractivity contribution in [2.24, 2.45) is 5.92 Å². The molecule has 1 saturated heterocycles. The average Bonchev–Trinajstić information content (AvgIpc) is 2.85. The highest BCUT2D eigenvalue weighted by Gasteiger charge is 2.29. The van der Waals surface area contributed by atoms with E-state index in [-0.39, 0.29) is 24.7 Å². The summed E-state index contributed by atoms with van der Waals surface area (Å²) in [7, 11) is 0. The van der Waals surface area contributed by atoms with Gasteiger partial charge in [-0.15, -0.1) is 0 Å². The van der Waals surface area contributed by atoms with Crippen molar-refractivity contribution in [3.05, 3.63) is 30.1 Å². The predicted octanol–water partition coefficient (Wildman–Crippen LogP) is 1.18. The summed E-state index contributed by atoms with van der Waals surface area (Å²) in [5, 5.41) is 3.00. The molecule has 0 spiro atoms. The molecule has 1 amide bonds. The first-order valence-corrected chi connectivity index (χ1v) is 7.02. The van der Waals surface area contributed by atoms with Crippen LogP contribution in [0.1, 0.15) is 19.4 Å². The van der Waals surface area contributed by atoms with Gasteiger partial charge in [0.15, 0.2) is 0 Å². The molecule has 2 heterocycles. The molecular weight excluding hydrogens is 256 g/mol. The second-order valence-corrected chi connectivity index (χ2v) is 5.39. The van der Waals surface area contributed by atoms with E-state index in [2.05, 4.69) is 10.3 Å². The number of nitrogens with zero attached hydrogens (tertiary/aromatic N) is 1. The van der Waals surface area contributed by atoms with Gasteiger partial charge in [-0.3, -0.25) is 9.78 Å². The Hall–Kier alpha value is -1.46. The van der Waals surface area contributed by atoms with Gasteiger partial charge in [-0.25, -0.2) is 0 Å². The van der Waals surface area contributed by atoms with Gasteiger partial charge in [0, 0.05) is 18.3 Å². The van der Waals surface area contributed by atoms with Crippen LogP contribution in [0.5, 0.6) is 0 Å². The van der Waals surface area contributed by atoms with Gasteiger partial charge in [0.25, 0.3) is 0 Å². The Bertz CT molecular complexity index is 422. The van der Waals surface area contributed by atoms with Crippen molar-refractivity contribution in [2.45, 2.75) is 32.4 Å². The molecule has 2 atom stereocenters. The highest BCUT2D eigenvalue weighted by molar-refractivity contribution is 5.77. The fourth-order valence-corrected chi connectivity index (χ4v) is 2.27. The molecule has 20 heavy (non-hydrogen) atoms. The highest BCUT2D eigenvalue weighted by atomic mass is 16.5. The molecule has 0 unspecified atom stereocenters. The second kappa shape index (κ2) is 7.36. The predicted molar refractivity (Wildman–Crippen MR) is 75.3 cm³/mol. The summed E-state index contributed by atoms with van der Waals surface area (Å²) in [5.74, 6) is 0.231. The summed E-state index contributed by atoms with van der Waals surface area (Å²) in [5.41, 5.74) is 1.22. The van der Waals surface area contributed by atoms with Gasteiger partial charge in [0.05, 0.1) is 25.4 Å². The van der Waals surface area contributed by atoms with Gasteiger partial charge in [0.1, 0.15) is 6.61 Å². The van der Waals surface area contributed by atoms with Crippen LogP contribution in [0.15, 0.2) is 24.5 Å². The molecule has 1 aromatic heterocycles. The molecule has 110 valence electrons. The van der Waals surface area contributed by atoms with Crippen molar-refractivity contribution >= 4 is 5.91 Å². The first kappa shape index (κ1) is 14.9. The second-order valence-electron chi connectivity index (χ2n) is 5.39. The zero-order chi connectivity index (χ0) is 14.4. The van der Waals surface area contributed by atoms with Gasteiger partial charge in [-0.2, -0.15) is 0 Å². The minimum absolute atomic E-state index is 0.0615. The maximum Gasteiger partial charge on any atom is 0.246 e. The minimum Gasteiger partial charge on any atom is -0.379 e. The lowest BCUT2D eigenvalue weighted by atomic mass is 9.95. The van der Waals surface area contributed by atoms with Crippen molar-refractivity contribution in [1.29, 1.82) is 0 Å². The van der Waals surface area contributed by atoms with E-state index in [1.165, 1.54) is 5.56 Å². The number of carbonyl (C=O) groups excluding carboxylic acids is 1. The molecule has 5 heteroatoms. The van der Waals surface area contributed by atoms with Crippen LogP contribution in [-0.4, -0.2) is 42.9 Å². The van der Waals surface area contributed by atoms with Gasteiger partial charge in [-0.05, 0) is 38.0 Å². The van der Waals surface area contributed by atoms with E-state index in [1.54, 1.807) is 12.4 Å². The molecule has 0 radical (unpaired) electrons. The monoisotopic (exact) mass is 278 g/mol. The lowest BCUT2D eigenvalue weighted by Crippen LogP contribution is -2.42. The molecule has 0 aromatic carbocycles. The molecule has 1 N–H and O–H groups in total. The number of pyridine rings is 1. The van der Waals surface area contributed by atoms with Crippen LogP contribution in [0, 0.1) is 5.92 Å². The zero-order valence-electron chi connectivity index (χ0n) is 12.0. The summed E-state index contributed by atoms with van der Waals surface area (Å²) in [4.78, 5) is 15.8. The Morgan fingerprint density at radius 3 is 2.90 bits per heavy atom. The molecule has 5 nitrogen and oxygen atoms in total. The Morgan fingerprint density at radius 2 is 2.20 bits per heavy atom. The Labute approximate surface area is 119 Å². The molecule has 1 aromatic rings. The van der Waals surface area contributed by atoms with Crippen molar-refractivity contribution in [3.63, 3.8) is 0 Å². The van der Waals surface area contributed by atoms with Crippen molar-refractivity contribution < 1.29 is 14.3 Å². The van der Waals surface area contributed by atoms with E-state index in [0.717, 1.165) is 6.42 Å². The Kier molecular flexibility index (Phi) is 5.49. The van der Waals surface area contributed by atoms with E-state index in [4.69, 9.17) is 9.47 Å². The van der Waals surface area contributed by atoms with Crippen LogP contribution < -0.4 is 5.32 Å². The average molecular weight is 278 g/mol. The fraction of sp³-hybridized carbons (Fsp3) is 0.600. The third kappa shape index (κ3) is 4.58. The Morgan fingerprint density at radius 1 is 1.45 bits per heavy atom. The first-order valence-electron chi connectivity index (χ1n) is 7.02. The van der Waals surface area contributed by atoms with Crippen LogP contribution in [0.2, 0.25) is 0 Å². The third-order valence-corrected chi connectivity index (χ3v) is 3.34. The van der Waals surface area contributed by atoms with Crippen LogP contribution in [0.4, 0.5) is 0 Å². The molecule has 1 aliphatic rings. The summed E-state index contributed by atoms with van der Waals surface area (Å²) in [6.07, 6.45) is 4.52. The quantitative estimate of drug-likeness (QED) is 0.849. The summed E-state index contributed by atoms with van der Waals surface area (Å²) in [6.45, 7) is 5.19. The topological polar surface area (TPSA) is 60.5 Å². The number of carbonyl (C=O) groups is 1. The number of ether oxygens (including phenoxy) is 2. The molecule has 1 aliphatic heterocycles. The highest BCUT2D eigenvalue weighted by Crippen LogP contribution is 2.18. The lowest BCUT2D eigenvalue weighted by molar-refractivity contribution is -0.128. The van der Waals surface area contributed by atoms with E-state index in [9.17, 15) is 4.79 Å². The summed E-state index contributed by atoms with van der Waals surface area (Å²) in [6, 6.07) is 4.06. The normalized spacial score (nSPS) is 22.1. The Balaban J connectivity index is 1.83. The van der Waals surface area contributed by atoms with Crippen molar-refractivity contribution in [3.8, 4) is 0 Å². The number of nitrogens with one attached hydrogen (secondary N) is 1. The minimum atomic E-state index is -0.0751. The standard InChI is InChI=1S/C15H22N2O3/c1-11(2)20-10-15(18)17-14-9-19-8-13(14)7-12-3-5-16-6-4-12/h3-6,11,13-14H,7-10H2,1-2H3,(H,17,18)/t13-,14-/m1/s1. The number of amides is 1. The van der Waals surface area contributed by atoms with E-state index < -0.39 is 0 Å². The van der Waals surface area contributed by atoms with Crippen LogP contribution in [0.3, 0.4) is 0 Å². The largest absolute Gasteiger partial charge is 0.379 e. The van der Waals surface area contributed by atoms with Gasteiger partial charge < -0.3 is 14.8 Å². The summed E-state index contributed by atoms with van der Waals surface area (Å²) < 4.78 is 10.8. The zero-order valence-corrected chi connectivity index (χ0v) is 12.0. The van der Waals surface area contributed by atoms with E-state index in [1.807, 2.05) is 26.0 Å². The fourth-order valence-electron chi connectivity index (χ4n) is 2.27. The van der Waals surface area contributed by atoms with Crippen molar-refractivity contribution in [1.82, 2.24) is 10.3 Å². The van der Waals surface area contributed by atoms with E-state index >= 15 is 0 Å². The van der Waals surface area contributed by atoms with Gasteiger partial charge in [0.2, 0.25) is 5.91 Å². The maximum atomic E-state index is 11.8. The summed E-state index contributed by atoms with van der Waals surface area (Å²) >= 11 is 0. The SMILES string of the molecule is CC(C)OCC(=O)N[C@@H]1COC[C@H]1Cc1ccncc1. The number of aromatic nitrogens is 1. The first-order chi connectivity index (χ1) is 9.65. The molecular formula is C15H22N2O3. The van der Waals surface area contributed by atoms with Crippen LogP contribution in [-0.2, 0) is 20.7 Å². The number of rotatable bonds is 6.